The van der Waals surface area contributed by atoms with Crippen LogP contribution in [0.15, 0.2) is 60.0 Å². The molecule has 3 aromatic rings. The van der Waals surface area contributed by atoms with E-state index in [1.807, 2.05) is 54.8 Å². The molecule has 1 unspecified atom stereocenters. The zero-order valence-corrected chi connectivity index (χ0v) is 14.1. The number of aryl methyl sites for hydroxylation is 1. The fourth-order valence-corrected chi connectivity index (χ4v) is 3.14. The summed E-state index contributed by atoms with van der Waals surface area (Å²) < 4.78 is 0. The van der Waals surface area contributed by atoms with Gasteiger partial charge >= 0.3 is 0 Å². The predicted octanol–water partition coefficient (Wildman–Crippen LogP) is 3.58. The summed E-state index contributed by atoms with van der Waals surface area (Å²) in [4.78, 5) is 16.6. The number of hydrogen-bond donors (Lipinski definition) is 2. The van der Waals surface area contributed by atoms with E-state index in [0.717, 1.165) is 21.8 Å². The Hall–Kier alpha value is -2.50. The first kappa shape index (κ1) is 16.4. The van der Waals surface area contributed by atoms with Gasteiger partial charge in [0, 0.05) is 28.7 Å². The molecule has 0 radical (unpaired) electrons. The average molecular weight is 338 g/mol. The van der Waals surface area contributed by atoms with Crippen molar-refractivity contribution in [1.29, 1.82) is 0 Å². The molecule has 0 aliphatic heterocycles. The smallest absolute Gasteiger partial charge is 0.251 e. The van der Waals surface area contributed by atoms with Gasteiger partial charge in [-0.1, -0.05) is 42.5 Å². The number of hydrogen-bond acceptors (Lipinski definition) is 4. The Kier molecular flexibility index (Phi) is 5.03. The molecule has 0 fully saturated rings. The minimum atomic E-state index is -0.715. The highest BCUT2D eigenvalue weighted by Crippen LogP contribution is 2.23. The van der Waals surface area contributed by atoms with E-state index in [1.165, 1.54) is 0 Å². The second-order valence-electron chi connectivity index (χ2n) is 5.51. The maximum absolute atomic E-state index is 12.2. The van der Waals surface area contributed by atoms with Crippen LogP contribution in [0.1, 0.15) is 27.7 Å². The van der Waals surface area contributed by atoms with E-state index in [-0.39, 0.29) is 12.5 Å². The average Bonchev–Trinajstić information content (AvgIpc) is 3.06. The summed E-state index contributed by atoms with van der Waals surface area (Å²) in [5, 5.41) is 15.8. The number of aliphatic hydroxyl groups is 1. The number of nitrogens with one attached hydrogen (secondary N) is 1. The molecule has 1 atom stereocenters. The lowest BCUT2D eigenvalue weighted by atomic mass is 10.1. The van der Waals surface area contributed by atoms with Gasteiger partial charge in [-0.25, -0.2) is 4.98 Å². The number of carbonyl (C=O) groups excluding carboxylic acids is 1. The summed E-state index contributed by atoms with van der Waals surface area (Å²) in [5.41, 5.74) is 3.33. The molecule has 5 heteroatoms. The lowest BCUT2D eigenvalue weighted by Gasteiger charge is -2.12. The van der Waals surface area contributed by atoms with Crippen molar-refractivity contribution in [3.63, 3.8) is 0 Å². The summed E-state index contributed by atoms with van der Waals surface area (Å²) in [6, 6.07) is 16.6. The van der Waals surface area contributed by atoms with Crippen molar-refractivity contribution in [2.75, 3.05) is 6.54 Å². The van der Waals surface area contributed by atoms with Crippen LogP contribution in [0.2, 0.25) is 0 Å². The molecule has 3 rings (SSSR count). The number of benzene rings is 2. The Balaban J connectivity index is 1.61. The van der Waals surface area contributed by atoms with Gasteiger partial charge in [-0.2, -0.15) is 0 Å². The van der Waals surface area contributed by atoms with E-state index in [4.69, 9.17) is 0 Å². The first-order chi connectivity index (χ1) is 11.6. The van der Waals surface area contributed by atoms with Gasteiger partial charge in [0.15, 0.2) is 0 Å². The zero-order chi connectivity index (χ0) is 16.9. The van der Waals surface area contributed by atoms with Crippen LogP contribution in [0.25, 0.3) is 10.6 Å². The zero-order valence-electron chi connectivity index (χ0n) is 13.3. The quantitative estimate of drug-likeness (QED) is 0.747. The molecule has 0 aliphatic rings. The maximum atomic E-state index is 12.2. The largest absolute Gasteiger partial charge is 0.387 e. The topological polar surface area (TPSA) is 62.2 Å². The van der Waals surface area contributed by atoms with Crippen LogP contribution in [0, 0.1) is 6.92 Å². The minimum Gasteiger partial charge on any atom is -0.387 e. The van der Waals surface area contributed by atoms with E-state index < -0.39 is 6.10 Å². The second-order valence-corrected chi connectivity index (χ2v) is 6.37. The third-order valence-electron chi connectivity index (χ3n) is 3.65. The minimum absolute atomic E-state index is 0.177. The molecule has 1 aromatic heterocycles. The van der Waals surface area contributed by atoms with Crippen LogP contribution < -0.4 is 5.32 Å². The molecule has 0 bridgehead atoms. The molecular formula is C19H18N2O2S. The maximum Gasteiger partial charge on any atom is 0.251 e. The number of amides is 1. The highest BCUT2D eigenvalue weighted by atomic mass is 32.1. The van der Waals surface area contributed by atoms with E-state index >= 15 is 0 Å². The molecule has 2 N–H and O–H groups in total. The first-order valence-corrected chi connectivity index (χ1v) is 8.55. The van der Waals surface area contributed by atoms with Gasteiger partial charge in [0.05, 0.1) is 6.10 Å². The summed E-state index contributed by atoms with van der Waals surface area (Å²) in [6.45, 7) is 2.14. The Labute approximate surface area is 144 Å². The SMILES string of the molecule is Cc1csc(-c2ccc(C(=O)NCC(O)c3ccccc3)cc2)n1. The Morgan fingerprint density at radius 3 is 2.50 bits per heavy atom. The Morgan fingerprint density at radius 2 is 1.88 bits per heavy atom. The van der Waals surface area contributed by atoms with Crippen LogP contribution in [-0.4, -0.2) is 22.5 Å². The Morgan fingerprint density at radius 1 is 1.17 bits per heavy atom. The fraction of sp³-hybridized carbons (Fsp3) is 0.158. The number of nitrogens with zero attached hydrogens (tertiary/aromatic N) is 1. The number of aliphatic hydroxyl groups excluding tert-OH is 1. The first-order valence-electron chi connectivity index (χ1n) is 7.67. The second kappa shape index (κ2) is 7.38. The summed E-state index contributed by atoms with van der Waals surface area (Å²) in [7, 11) is 0. The highest BCUT2D eigenvalue weighted by Gasteiger charge is 2.11. The van der Waals surface area contributed by atoms with E-state index in [9.17, 15) is 9.90 Å². The molecule has 0 spiro atoms. The molecule has 2 aromatic carbocycles. The number of aromatic nitrogens is 1. The number of thiazole rings is 1. The van der Waals surface area contributed by atoms with Gasteiger partial charge in [-0.3, -0.25) is 4.79 Å². The molecule has 1 amide bonds. The molecule has 4 nitrogen and oxygen atoms in total. The van der Waals surface area contributed by atoms with Crippen LogP contribution in [0.3, 0.4) is 0 Å². The van der Waals surface area contributed by atoms with E-state index in [0.29, 0.717) is 5.56 Å². The lowest BCUT2D eigenvalue weighted by molar-refractivity contribution is 0.0916. The van der Waals surface area contributed by atoms with Gasteiger partial charge in [0.2, 0.25) is 0 Å². The van der Waals surface area contributed by atoms with E-state index in [1.54, 1.807) is 23.5 Å². The Bertz CT molecular complexity index is 813. The van der Waals surface area contributed by atoms with Crippen LogP contribution in [0.4, 0.5) is 0 Å². The van der Waals surface area contributed by atoms with Gasteiger partial charge in [-0.05, 0) is 24.6 Å². The van der Waals surface area contributed by atoms with Gasteiger partial charge in [0.1, 0.15) is 5.01 Å². The van der Waals surface area contributed by atoms with Crippen LogP contribution in [-0.2, 0) is 0 Å². The van der Waals surface area contributed by atoms with Gasteiger partial charge in [-0.15, -0.1) is 11.3 Å². The number of carbonyl (C=O) groups is 1. The van der Waals surface area contributed by atoms with Crippen molar-refractivity contribution in [3.05, 3.63) is 76.8 Å². The molecule has 0 saturated heterocycles. The van der Waals surface area contributed by atoms with Crippen molar-refractivity contribution in [2.45, 2.75) is 13.0 Å². The van der Waals surface area contributed by atoms with Gasteiger partial charge < -0.3 is 10.4 Å². The van der Waals surface area contributed by atoms with Crippen molar-refractivity contribution in [3.8, 4) is 10.6 Å². The lowest BCUT2D eigenvalue weighted by Crippen LogP contribution is -2.28. The third-order valence-corrected chi connectivity index (χ3v) is 4.66. The highest BCUT2D eigenvalue weighted by molar-refractivity contribution is 7.13. The van der Waals surface area contributed by atoms with Crippen molar-refractivity contribution in [1.82, 2.24) is 10.3 Å². The third kappa shape index (κ3) is 3.88. The standard InChI is InChI=1S/C19H18N2O2S/c1-13-12-24-19(21-13)16-9-7-15(8-10-16)18(23)20-11-17(22)14-5-3-2-4-6-14/h2-10,12,17,22H,11H2,1H3,(H,20,23). The van der Waals surface area contributed by atoms with Crippen LogP contribution in [0.5, 0.6) is 0 Å². The molecule has 122 valence electrons. The van der Waals surface area contributed by atoms with Crippen molar-refractivity contribution in [2.24, 2.45) is 0 Å². The van der Waals surface area contributed by atoms with E-state index in [2.05, 4.69) is 10.3 Å². The van der Waals surface area contributed by atoms with Crippen molar-refractivity contribution >= 4 is 17.2 Å². The summed E-state index contributed by atoms with van der Waals surface area (Å²) >= 11 is 1.58. The van der Waals surface area contributed by atoms with Crippen molar-refractivity contribution < 1.29 is 9.90 Å². The predicted molar refractivity (Wildman–Crippen MR) is 96.0 cm³/mol. The normalized spacial score (nSPS) is 11.9. The molecule has 1 heterocycles. The summed E-state index contributed by atoms with van der Waals surface area (Å²) in [5.74, 6) is -0.202. The number of rotatable bonds is 5. The monoisotopic (exact) mass is 338 g/mol. The molecule has 0 saturated carbocycles. The fourth-order valence-electron chi connectivity index (χ4n) is 2.34. The van der Waals surface area contributed by atoms with Gasteiger partial charge in [0.25, 0.3) is 5.91 Å². The van der Waals surface area contributed by atoms with Crippen LogP contribution >= 0.6 is 11.3 Å². The summed E-state index contributed by atoms with van der Waals surface area (Å²) in [6.07, 6.45) is -0.715. The molecule has 24 heavy (non-hydrogen) atoms. The molecular weight excluding hydrogens is 320 g/mol. The molecule has 0 aliphatic carbocycles.